The minimum Gasteiger partial charge on any atom is -0.370 e. The lowest BCUT2D eigenvalue weighted by Gasteiger charge is -2.28. The van der Waals surface area contributed by atoms with E-state index in [0.717, 1.165) is 19.0 Å². The Bertz CT molecular complexity index is 208. The van der Waals surface area contributed by atoms with Gasteiger partial charge in [0, 0.05) is 19.0 Å². The van der Waals surface area contributed by atoms with E-state index in [4.69, 9.17) is 11.5 Å². The van der Waals surface area contributed by atoms with Crippen molar-refractivity contribution in [2.24, 2.45) is 17.4 Å². The van der Waals surface area contributed by atoms with E-state index in [9.17, 15) is 4.79 Å². The first-order valence-corrected chi connectivity index (χ1v) is 5.86. The second kappa shape index (κ2) is 6.08. The molecule has 15 heavy (non-hydrogen) atoms. The summed E-state index contributed by atoms with van der Waals surface area (Å²) in [6, 6.07) is 0.146. The average molecular weight is 213 g/mol. The van der Waals surface area contributed by atoms with Crippen LogP contribution in [0.5, 0.6) is 0 Å². The number of primary amides is 1. The number of nitrogens with zero attached hydrogens (tertiary/aromatic N) is 1. The maximum Gasteiger partial charge on any atom is 0.219 e. The van der Waals surface area contributed by atoms with Gasteiger partial charge >= 0.3 is 0 Å². The summed E-state index contributed by atoms with van der Waals surface area (Å²) in [6.07, 6.45) is 4.08. The normalized spacial score (nSPS) is 25.9. The average Bonchev–Trinajstić information content (AvgIpc) is 2.39. The zero-order valence-corrected chi connectivity index (χ0v) is 9.61. The molecule has 0 aromatic heterocycles. The van der Waals surface area contributed by atoms with E-state index < -0.39 is 0 Å². The largest absolute Gasteiger partial charge is 0.370 e. The molecule has 2 unspecified atom stereocenters. The number of carbonyl (C=O) groups excluding carboxylic acids is 1. The topological polar surface area (TPSA) is 72.3 Å². The molecule has 0 aromatic carbocycles. The van der Waals surface area contributed by atoms with Gasteiger partial charge in [-0.25, -0.2) is 0 Å². The molecule has 1 heterocycles. The summed E-state index contributed by atoms with van der Waals surface area (Å²) < 4.78 is 0. The van der Waals surface area contributed by atoms with E-state index in [0.29, 0.717) is 13.0 Å². The van der Waals surface area contributed by atoms with Gasteiger partial charge in [0.2, 0.25) is 5.91 Å². The van der Waals surface area contributed by atoms with Crippen LogP contribution in [-0.4, -0.2) is 36.5 Å². The van der Waals surface area contributed by atoms with E-state index in [-0.39, 0.29) is 11.9 Å². The van der Waals surface area contributed by atoms with Crippen molar-refractivity contribution in [3.63, 3.8) is 0 Å². The first-order valence-electron chi connectivity index (χ1n) is 5.86. The van der Waals surface area contributed by atoms with Crippen molar-refractivity contribution in [3.05, 3.63) is 0 Å². The van der Waals surface area contributed by atoms with E-state index >= 15 is 0 Å². The number of rotatable bonds is 4. The minimum atomic E-state index is -0.247. The highest BCUT2D eigenvalue weighted by Gasteiger charge is 2.21. The lowest BCUT2D eigenvalue weighted by molar-refractivity contribution is -0.119. The molecule has 1 fully saturated rings. The van der Waals surface area contributed by atoms with Gasteiger partial charge in [-0.1, -0.05) is 6.92 Å². The molecule has 0 aromatic rings. The Balaban J connectivity index is 2.47. The van der Waals surface area contributed by atoms with Crippen LogP contribution in [0.25, 0.3) is 0 Å². The van der Waals surface area contributed by atoms with Gasteiger partial charge in [-0.3, -0.25) is 9.69 Å². The number of carbonyl (C=O) groups is 1. The molecular formula is C11H23N3O. The molecule has 88 valence electrons. The van der Waals surface area contributed by atoms with Crippen molar-refractivity contribution in [1.29, 1.82) is 0 Å². The van der Waals surface area contributed by atoms with Crippen LogP contribution < -0.4 is 11.5 Å². The third kappa shape index (κ3) is 4.18. The summed E-state index contributed by atoms with van der Waals surface area (Å²) in [6.45, 7) is 4.92. The van der Waals surface area contributed by atoms with Crippen LogP contribution in [-0.2, 0) is 4.79 Å². The van der Waals surface area contributed by atoms with Gasteiger partial charge in [0.05, 0.1) is 0 Å². The fraction of sp³-hybridized carbons (Fsp3) is 0.909. The van der Waals surface area contributed by atoms with Gasteiger partial charge in [0.1, 0.15) is 0 Å². The Kier molecular flexibility index (Phi) is 5.05. The molecule has 2 atom stereocenters. The predicted molar refractivity (Wildman–Crippen MR) is 61.2 cm³/mol. The zero-order chi connectivity index (χ0) is 11.3. The first kappa shape index (κ1) is 12.5. The van der Waals surface area contributed by atoms with Crippen LogP contribution in [0.2, 0.25) is 0 Å². The lowest BCUT2D eigenvalue weighted by Crippen LogP contribution is -2.43. The molecular weight excluding hydrogens is 190 g/mol. The maximum atomic E-state index is 10.9. The van der Waals surface area contributed by atoms with Gasteiger partial charge in [-0.05, 0) is 38.3 Å². The Morgan fingerprint density at radius 1 is 1.47 bits per heavy atom. The Hall–Kier alpha value is -0.610. The van der Waals surface area contributed by atoms with Gasteiger partial charge < -0.3 is 11.5 Å². The zero-order valence-electron chi connectivity index (χ0n) is 9.61. The maximum absolute atomic E-state index is 10.9. The van der Waals surface area contributed by atoms with Crippen LogP contribution in [0.4, 0.5) is 0 Å². The van der Waals surface area contributed by atoms with Crippen LogP contribution in [0.15, 0.2) is 0 Å². The van der Waals surface area contributed by atoms with Crippen LogP contribution in [0, 0.1) is 5.92 Å². The van der Waals surface area contributed by atoms with E-state index in [1.807, 2.05) is 0 Å². The van der Waals surface area contributed by atoms with Crippen LogP contribution in [0.1, 0.15) is 32.6 Å². The summed E-state index contributed by atoms with van der Waals surface area (Å²) >= 11 is 0. The molecule has 1 aliphatic rings. The third-order valence-electron chi connectivity index (χ3n) is 3.28. The number of likely N-dealkylation sites (tertiary alicyclic amines) is 1. The second-order valence-corrected chi connectivity index (χ2v) is 4.63. The minimum absolute atomic E-state index is 0.146. The second-order valence-electron chi connectivity index (χ2n) is 4.63. The Morgan fingerprint density at radius 2 is 2.20 bits per heavy atom. The smallest absolute Gasteiger partial charge is 0.219 e. The first-order chi connectivity index (χ1) is 7.13. The summed E-state index contributed by atoms with van der Waals surface area (Å²) in [5.41, 5.74) is 10.9. The monoisotopic (exact) mass is 213 g/mol. The molecule has 1 amide bonds. The van der Waals surface area contributed by atoms with Crippen LogP contribution >= 0.6 is 0 Å². The molecule has 1 saturated heterocycles. The van der Waals surface area contributed by atoms with Crippen LogP contribution in [0.3, 0.4) is 0 Å². The SMILES string of the molecule is CC1CCCN(C(CN)CC(N)=O)CC1. The summed E-state index contributed by atoms with van der Waals surface area (Å²) in [5.74, 6) is 0.546. The third-order valence-corrected chi connectivity index (χ3v) is 3.28. The lowest BCUT2D eigenvalue weighted by atomic mass is 10.0. The Labute approximate surface area is 92.0 Å². The highest BCUT2D eigenvalue weighted by molar-refractivity contribution is 5.74. The van der Waals surface area contributed by atoms with Crippen molar-refractivity contribution < 1.29 is 4.79 Å². The molecule has 0 bridgehead atoms. The quantitative estimate of drug-likeness (QED) is 0.706. The molecule has 0 aliphatic carbocycles. The Morgan fingerprint density at radius 3 is 2.80 bits per heavy atom. The van der Waals surface area contributed by atoms with Gasteiger partial charge in [0.15, 0.2) is 0 Å². The number of hydrogen-bond donors (Lipinski definition) is 2. The highest BCUT2D eigenvalue weighted by atomic mass is 16.1. The van der Waals surface area contributed by atoms with Crippen molar-refractivity contribution in [1.82, 2.24) is 4.90 Å². The van der Waals surface area contributed by atoms with Crippen molar-refractivity contribution in [3.8, 4) is 0 Å². The molecule has 4 heteroatoms. The molecule has 4 N–H and O–H groups in total. The van der Waals surface area contributed by atoms with Gasteiger partial charge in [-0.2, -0.15) is 0 Å². The highest BCUT2D eigenvalue weighted by Crippen LogP contribution is 2.18. The predicted octanol–water partition coefficient (Wildman–Crippen LogP) is 0.311. The van der Waals surface area contributed by atoms with Crippen molar-refractivity contribution in [2.45, 2.75) is 38.6 Å². The number of nitrogens with two attached hydrogens (primary N) is 2. The standard InChI is InChI=1S/C11H23N3O/c1-9-3-2-5-14(6-4-9)10(8-12)7-11(13)15/h9-10H,2-8,12H2,1H3,(H2,13,15). The van der Waals surface area contributed by atoms with E-state index in [2.05, 4.69) is 11.8 Å². The van der Waals surface area contributed by atoms with Crippen molar-refractivity contribution >= 4 is 5.91 Å². The van der Waals surface area contributed by atoms with Gasteiger partial charge in [-0.15, -0.1) is 0 Å². The molecule has 0 saturated carbocycles. The van der Waals surface area contributed by atoms with E-state index in [1.54, 1.807) is 0 Å². The molecule has 0 spiro atoms. The fourth-order valence-electron chi connectivity index (χ4n) is 2.24. The summed E-state index contributed by atoms with van der Waals surface area (Å²) in [4.78, 5) is 13.2. The number of hydrogen-bond acceptors (Lipinski definition) is 3. The molecule has 4 nitrogen and oxygen atoms in total. The number of amides is 1. The van der Waals surface area contributed by atoms with E-state index in [1.165, 1.54) is 19.3 Å². The fourth-order valence-corrected chi connectivity index (χ4v) is 2.24. The summed E-state index contributed by atoms with van der Waals surface area (Å²) in [5, 5.41) is 0. The van der Waals surface area contributed by atoms with Gasteiger partial charge in [0.25, 0.3) is 0 Å². The van der Waals surface area contributed by atoms with Crippen molar-refractivity contribution in [2.75, 3.05) is 19.6 Å². The molecule has 1 rings (SSSR count). The molecule has 0 radical (unpaired) electrons. The molecule has 1 aliphatic heterocycles. The summed E-state index contributed by atoms with van der Waals surface area (Å²) in [7, 11) is 0.